The fourth-order valence-corrected chi connectivity index (χ4v) is 1.94. The Labute approximate surface area is 122 Å². The van der Waals surface area contributed by atoms with Crippen LogP contribution in [-0.4, -0.2) is 17.0 Å². The quantitative estimate of drug-likeness (QED) is 0.780. The van der Waals surface area contributed by atoms with Gasteiger partial charge in [0.25, 0.3) is 5.91 Å². The molecule has 0 atom stereocenters. The van der Waals surface area contributed by atoms with Crippen LogP contribution in [0, 0.1) is 0 Å². The number of carboxylic acids is 1. The normalized spacial score (nSPS) is 10.1. The van der Waals surface area contributed by atoms with Crippen molar-refractivity contribution in [3.05, 3.63) is 70.8 Å². The molecule has 5 nitrogen and oxygen atoms in total. The highest BCUT2D eigenvalue weighted by Gasteiger charge is 2.09. The number of carbonyl (C=O) groups excluding carboxylic acids is 1. The minimum absolute atomic E-state index is 0.0905. The monoisotopic (exact) mass is 284 g/mol. The zero-order valence-corrected chi connectivity index (χ0v) is 11.4. The second-order valence-corrected chi connectivity index (χ2v) is 4.59. The van der Waals surface area contributed by atoms with Crippen LogP contribution < -0.4 is 11.1 Å². The van der Waals surface area contributed by atoms with Crippen molar-refractivity contribution in [2.45, 2.75) is 13.1 Å². The molecule has 108 valence electrons. The summed E-state index contributed by atoms with van der Waals surface area (Å²) in [5.41, 5.74) is 7.92. The van der Waals surface area contributed by atoms with Crippen molar-refractivity contribution < 1.29 is 14.7 Å². The first-order valence-corrected chi connectivity index (χ1v) is 6.49. The van der Waals surface area contributed by atoms with E-state index in [0.717, 1.165) is 11.1 Å². The number of amides is 1. The van der Waals surface area contributed by atoms with Gasteiger partial charge in [-0.2, -0.15) is 0 Å². The SMILES string of the molecule is NCc1cccc(CNC(=O)c2cccc(C(=O)O)c2)c1. The molecule has 5 heteroatoms. The third-order valence-corrected chi connectivity index (χ3v) is 3.05. The number of nitrogens with one attached hydrogen (secondary N) is 1. The average Bonchev–Trinajstić information content (AvgIpc) is 2.53. The smallest absolute Gasteiger partial charge is 0.335 e. The van der Waals surface area contributed by atoms with E-state index in [2.05, 4.69) is 5.32 Å². The van der Waals surface area contributed by atoms with Crippen LogP contribution in [0.2, 0.25) is 0 Å². The number of hydrogen-bond acceptors (Lipinski definition) is 3. The molecule has 1 amide bonds. The van der Waals surface area contributed by atoms with Crippen molar-refractivity contribution in [1.29, 1.82) is 0 Å². The van der Waals surface area contributed by atoms with E-state index in [4.69, 9.17) is 10.8 Å². The third kappa shape index (κ3) is 3.90. The van der Waals surface area contributed by atoms with Gasteiger partial charge in [0.2, 0.25) is 0 Å². The lowest BCUT2D eigenvalue weighted by atomic mass is 10.1. The molecule has 2 aromatic rings. The molecule has 0 radical (unpaired) electrons. The Kier molecular flexibility index (Phi) is 4.68. The predicted octanol–water partition coefficient (Wildman–Crippen LogP) is 1.77. The van der Waals surface area contributed by atoms with Crippen LogP contribution in [0.4, 0.5) is 0 Å². The Morgan fingerprint density at radius 2 is 1.67 bits per heavy atom. The van der Waals surface area contributed by atoms with Gasteiger partial charge in [-0.05, 0) is 29.3 Å². The molecule has 0 fully saturated rings. The lowest BCUT2D eigenvalue weighted by molar-refractivity contribution is 0.0697. The van der Waals surface area contributed by atoms with Gasteiger partial charge in [0.05, 0.1) is 5.56 Å². The first-order chi connectivity index (χ1) is 10.1. The van der Waals surface area contributed by atoms with E-state index in [1.165, 1.54) is 12.1 Å². The molecule has 0 saturated carbocycles. The Morgan fingerprint density at radius 3 is 2.38 bits per heavy atom. The molecule has 0 aromatic heterocycles. The molecule has 0 spiro atoms. The summed E-state index contributed by atoms with van der Waals surface area (Å²) in [4.78, 5) is 22.9. The summed E-state index contributed by atoms with van der Waals surface area (Å²) in [5.74, 6) is -1.36. The van der Waals surface area contributed by atoms with E-state index in [0.29, 0.717) is 18.7 Å². The highest BCUT2D eigenvalue weighted by Crippen LogP contribution is 2.07. The summed E-state index contributed by atoms with van der Waals surface area (Å²) in [5, 5.41) is 11.7. The van der Waals surface area contributed by atoms with Crippen molar-refractivity contribution in [3.8, 4) is 0 Å². The summed E-state index contributed by atoms with van der Waals surface area (Å²) in [6.07, 6.45) is 0. The maximum absolute atomic E-state index is 12.0. The second-order valence-electron chi connectivity index (χ2n) is 4.59. The summed E-state index contributed by atoms with van der Waals surface area (Å²) in [6.45, 7) is 0.812. The van der Waals surface area contributed by atoms with Crippen LogP contribution in [-0.2, 0) is 13.1 Å². The molecule has 0 bridgehead atoms. The van der Waals surface area contributed by atoms with Gasteiger partial charge < -0.3 is 16.2 Å². The standard InChI is InChI=1S/C16H16N2O3/c17-9-11-3-1-4-12(7-11)10-18-15(19)13-5-2-6-14(8-13)16(20)21/h1-8H,9-10,17H2,(H,18,19)(H,20,21). The lowest BCUT2D eigenvalue weighted by Crippen LogP contribution is -2.23. The fraction of sp³-hybridized carbons (Fsp3) is 0.125. The molecular formula is C16H16N2O3. The molecule has 2 aromatic carbocycles. The molecule has 4 N–H and O–H groups in total. The summed E-state index contributed by atoms with van der Waals surface area (Å²) in [6, 6.07) is 13.6. The second kappa shape index (κ2) is 6.67. The third-order valence-electron chi connectivity index (χ3n) is 3.05. The van der Waals surface area contributed by atoms with Crippen molar-refractivity contribution in [2.75, 3.05) is 0 Å². The molecular weight excluding hydrogens is 268 g/mol. The van der Waals surface area contributed by atoms with E-state index in [1.807, 2.05) is 24.3 Å². The van der Waals surface area contributed by atoms with Crippen LogP contribution >= 0.6 is 0 Å². The molecule has 0 heterocycles. The van der Waals surface area contributed by atoms with Crippen LogP contribution in [0.1, 0.15) is 31.8 Å². The van der Waals surface area contributed by atoms with Gasteiger partial charge in [-0.25, -0.2) is 4.79 Å². The molecule has 0 saturated heterocycles. The molecule has 21 heavy (non-hydrogen) atoms. The Morgan fingerprint density at radius 1 is 1.00 bits per heavy atom. The summed E-state index contributed by atoms with van der Waals surface area (Å²) < 4.78 is 0. The highest BCUT2D eigenvalue weighted by molar-refractivity contribution is 5.97. The van der Waals surface area contributed by atoms with E-state index in [-0.39, 0.29) is 11.5 Å². The van der Waals surface area contributed by atoms with Crippen LogP contribution in [0.15, 0.2) is 48.5 Å². The maximum Gasteiger partial charge on any atom is 0.335 e. The predicted molar refractivity (Wildman–Crippen MR) is 78.9 cm³/mol. The maximum atomic E-state index is 12.0. The fourth-order valence-electron chi connectivity index (χ4n) is 1.94. The van der Waals surface area contributed by atoms with E-state index in [1.54, 1.807) is 12.1 Å². The minimum atomic E-state index is -1.06. The number of rotatable bonds is 5. The topological polar surface area (TPSA) is 92.4 Å². The van der Waals surface area contributed by atoms with Crippen molar-refractivity contribution in [3.63, 3.8) is 0 Å². The van der Waals surface area contributed by atoms with Gasteiger partial charge in [-0.15, -0.1) is 0 Å². The summed E-state index contributed by atoms with van der Waals surface area (Å²) in [7, 11) is 0. The number of carbonyl (C=O) groups is 2. The minimum Gasteiger partial charge on any atom is -0.478 e. The van der Waals surface area contributed by atoms with Gasteiger partial charge in [-0.1, -0.05) is 30.3 Å². The number of benzene rings is 2. The van der Waals surface area contributed by atoms with Crippen molar-refractivity contribution >= 4 is 11.9 Å². The molecule has 0 aliphatic carbocycles. The Bertz CT molecular complexity index is 668. The first-order valence-electron chi connectivity index (χ1n) is 6.49. The highest BCUT2D eigenvalue weighted by atomic mass is 16.4. The van der Waals surface area contributed by atoms with Crippen molar-refractivity contribution in [2.24, 2.45) is 5.73 Å². The zero-order chi connectivity index (χ0) is 15.2. The molecule has 2 rings (SSSR count). The van der Waals surface area contributed by atoms with Gasteiger partial charge in [-0.3, -0.25) is 4.79 Å². The average molecular weight is 284 g/mol. The first kappa shape index (κ1) is 14.7. The van der Waals surface area contributed by atoms with Crippen LogP contribution in [0.25, 0.3) is 0 Å². The Balaban J connectivity index is 2.04. The van der Waals surface area contributed by atoms with Gasteiger partial charge >= 0.3 is 5.97 Å². The van der Waals surface area contributed by atoms with Gasteiger partial charge in [0.15, 0.2) is 0 Å². The van der Waals surface area contributed by atoms with E-state index < -0.39 is 5.97 Å². The number of hydrogen-bond donors (Lipinski definition) is 3. The molecule has 0 aliphatic heterocycles. The van der Waals surface area contributed by atoms with Crippen LogP contribution in [0.5, 0.6) is 0 Å². The van der Waals surface area contributed by atoms with Gasteiger partial charge in [0.1, 0.15) is 0 Å². The largest absolute Gasteiger partial charge is 0.478 e. The van der Waals surface area contributed by atoms with Crippen LogP contribution in [0.3, 0.4) is 0 Å². The van der Waals surface area contributed by atoms with E-state index >= 15 is 0 Å². The zero-order valence-electron chi connectivity index (χ0n) is 11.4. The molecule has 0 unspecified atom stereocenters. The number of nitrogens with two attached hydrogens (primary N) is 1. The Hall–Kier alpha value is -2.66. The number of aromatic carboxylic acids is 1. The lowest BCUT2D eigenvalue weighted by Gasteiger charge is -2.07. The summed E-state index contributed by atoms with van der Waals surface area (Å²) >= 11 is 0. The molecule has 0 aliphatic rings. The van der Waals surface area contributed by atoms with Gasteiger partial charge in [0, 0.05) is 18.7 Å². The van der Waals surface area contributed by atoms with E-state index in [9.17, 15) is 9.59 Å². The number of carboxylic acid groups (broad SMARTS) is 1. The van der Waals surface area contributed by atoms with Crippen molar-refractivity contribution in [1.82, 2.24) is 5.32 Å².